The van der Waals surface area contributed by atoms with Crippen LogP contribution < -0.4 is 10.6 Å². The predicted octanol–water partition coefficient (Wildman–Crippen LogP) is 4.76. The molecule has 0 bridgehead atoms. The minimum atomic E-state index is -0.542. The third-order valence-corrected chi connectivity index (χ3v) is 6.19. The highest BCUT2D eigenvalue weighted by Gasteiger charge is 2.46. The molecule has 172 valence electrons. The van der Waals surface area contributed by atoms with E-state index in [2.05, 4.69) is 31.7 Å². The second-order valence-corrected chi connectivity index (χ2v) is 8.58. The topological polar surface area (TPSA) is 116 Å². The van der Waals surface area contributed by atoms with E-state index in [1.165, 1.54) is 0 Å². The van der Waals surface area contributed by atoms with Gasteiger partial charge in [0.2, 0.25) is 0 Å². The van der Waals surface area contributed by atoms with Crippen LogP contribution in [0.3, 0.4) is 0 Å². The molecule has 1 fully saturated rings. The van der Waals surface area contributed by atoms with Gasteiger partial charge in [0.15, 0.2) is 0 Å². The van der Waals surface area contributed by atoms with Gasteiger partial charge in [-0.3, -0.25) is 14.8 Å². The number of amides is 1. The lowest BCUT2D eigenvalue weighted by Gasteiger charge is -2.12. The van der Waals surface area contributed by atoms with Crippen LogP contribution in [0.1, 0.15) is 34.5 Å². The second-order valence-electron chi connectivity index (χ2n) is 8.58. The summed E-state index contributed by atoms with van der Waals surface area (Å²) in [5, 5.41) is 15.4. The zero-order chi connectivity index (χ0) is 24.4. The van der Waals surface area contributed by atoms with Crippen molar-refractivity contribution in [2.24, 2.45) is 0 Å². The van der Waals surface area contributed by atoms with E-state index in [1.54, 1.807) is 36.9 Å². The van der Waals surface area contributed by atoms with Crippen LogP contribution in [0.5, 0.6) is 0 Å². The Labute approximate surface area is 203 Å². The molecule has 0 atom stereocenters. The average molecular weight is 462 g/mol. The van der Waals surface area contributed by atoms with Crippen molar-refractivity contribution < 1.29 is 4.79 Å². The Hall–Kier alpha value is -4.64. The second kappa shape index (κ2) is 8.95. The van der Waals surface area contributed by atoms with Gasteiger partial charge in [-0.15, -0.1) is 0 Å². The smallest absolute Gasteiger partial charge is 0.255 e. The zero-order valence-corrected chi connectivity index (χ0v) is 19.4. The maximum Gasteiger partial charge on any atom is 0.255 e. The highest BCUT2D eigenvalue weighted by atomic mass is 16.1. The maximum absolute atomic E-state index is 13.0. The third-order valence-electron chi connectivity index (χ3n) is 6.19. The first kappa shape index (κ1) is 22.2. The number of carbonyl (C=O) groups is 1. The first-order chi connectivity index (χ1) is 17.0. The van der Waals surface area contributed by atoms with Gasteiger partial charge < -0.3 is 10.6 Å². The van der Waals surface area contributed by atoms with Crippen LogP contribution in [0.15, 0.2) is 67.3 Å². The summed E-state index contributed by atoms with van der Waals surface area (Å²) in [6.07, 6.45) is 8.29. The quantitative estimate of drug-likeness (QED) is 0.425. The largest absolute Gasteiger partial charge is 0.373 e. The summed E-state index contributed by atoms with van der Waals surface area (Å²) in [6, 6.07) is 15.2. The Bertz CT molecular complexity index is 1470. The summed E-state index contributed by atoms with van der Waals surface area (Å²) in [5.41, 5.74) is 5.44. The third kappa shape index (κ3) is 4.44. The highest BCUT2D eigenvalue weighted by molar-refractivity contribution is 6.04. The van der Waals surface area contributed by atoms with Crippen molar-refractivity contribution in [3.63, 3.8) is 0 Å². The van der Waals surface area contributed by atoms with Gasteiger partial charge in [0.25, 0.3) is 5.91 Å². The molecule has 0 saturated heterocycles. The number of hydrogen-bond donors (Lipinski definition) is 2. The molecule has 5 rings (SSSR count). The van der Waals surface area contributed by atoms with Crippen LogP contribution in [-0.4, -0.2) is 32.9 Å². The first-order valence-corrected chi connectivity index (χ1v) is 11.3. The number of carbonyl (C=O) groups excluding carboxylic acids is 1. The lowest BCUT2D eigenvalue weighted by molar-refractivity contribution is 0.102. The fraction of sp³-hybridized carbons (Fsp3) is 0.185. The minimum Gasteiger partial charge on any atom is -0.373 e. The molecular formula is C27H23N7O. The van der Waals surface area contributed by atoms with E-state index in [-0.39, 0.29) is 5.91 Å². The number of nitrogens with one attached hydrogen (secondary N) is 2. The van der Waals surface area contributed by atoms with Gasteiger partial charge in [0.1, 0.15) is 5.82 Å². The Morgan fingerprint density at radius 1 is 1.03 bits per heavy atom. The van der Waals surface area contributed by atoms with Gasteiger partial charge in [-0.05, 0) is 61.7 Å². The molecular weight excluding hydrogens is 438 g/mol. The summed E-state index contributed by atoms with van der Waals surface area (Å²) in [7, 11) is 1.82. The van der Waals surface area contributed by atoms with Gasteiger partial charge in [0.05, 0.1) is 41.0 Å². The van der Waals surface area contributed by atoms with E-state index < -0.39 is 5.41 Å². The lowest BCUT2D eigenvalue weighted by atomic mass is 10.0. The standard InChI is InChI=1S/C27H23N7O/c1-17-3-4-20(33-26(35)19-6-9-31-24(11-19)27(16-28)7-8-27)13-21(17)23-15-30-14-22(34-23)18-5-10-32-25(12-18)29-2/h3-6,9-15H,7-8H2,1-2H3,(H,29,32)(H,33,35). The Kier molecular flexibility index (Phi) is 5.67. The number of rotatable bonds is 6. The van der Waals surface area contributed by atoms with Crippen LogP contribution >= 0.6 is 0 Å². The predicted molar refractivity (Wildman–Crippen MR) is 134 cm³/mol. The zero-order valence-electron chi connectivity index (χ0n) is 19.4. The molecule has 0 radical (unpaired) electrons. The Balaban J connectivity index is 1.42. The van der Waals surface area contributed by atoms with Crippen molar-refractivity contribution in [1.82, 2.24) is 19.9 Å². The number of benzene rings is 1. The molecule has 3 aromatic heterocycles. The van der Waals surface area contributed by atoms with Crippen LogP contribution in [0.2, 0.25) is 0 Å². The van der Waals surface area contributed by atoms with E-state index in [9.17, 15) is 10.1 Å². The van der Waals surface area contributed by atoms with Crippen LogP contribution in [-0.2, 0) is 5.41 Å². The first-order valence-electron chi connectivity index (χ1n) is 11.3. The van der Waals surface area contributed by atoms with Gasteiger partial charge in [-0.2, -0.15) is 5.26 Å². The monoisotopic (exact) mass is 461 g/mol. The van der Waals surface area contributed by atoms with Crippen LogP contribution in [0.4, 0.5) is 11.5 Å². The number of anilines is 2. The number of hydrogen-bond acceptors (Lipinski definition) is 7. The lowest BCUT2D eigenvalue weighted by Crippen LogP contribution is -2.14. The molecule has 2 N–H and O–H groups in total. The molecule has 3 heterocycles. The van der Waals surface area contributed by atoms with Crippen molar-refractivity contribution in [3.05, 3.63) is 84.1 Å². The van der Waals surface area contributed by atoms with Gasteiger partial charge in [0, 0.05) is 41.8 Å². The number of aromatic nitrogens is 4. The Morgan fingerprint density at radius 2 is 1.83 bits per heavy atom. The number of nitriles is 1. The van der Waals surface area contributed by atoms with Crippen molar-refractivity contribution >= 4 is 17.4 Å². The minimum absolute atomic E-state index is 0.256. The van der Waals surface area contributed by atoms with Crippen LogP contribution in [0.25, 0.3) is 22.5 Å². The molecule has 1 aromatic carbocycles. The van der Waals surface area contributed by atoms with E-state index in [4.69, 9.17) is 4.98 Å². The number of aryl methyl sites for hydroxylation is 1. The van der Waals surface area contributed by atoms with E-state index >= 15 is 0 Å². The number of nitrogens with zero attached hydrogens (tertiary/aromatic N) is 5. The van der Waals surface area contributed by atoms with Crippen molar-refractivity contribution in [2.45, 2.75) is 25.2 Å². The molecule has 1 aliphatic carbocycles. The van der Waals surface area contributed by atoms with Crippen molar-refractivity contribution in [3.8, 4) is 28.6 Å². The summed E-state index contributed by atoms with van der Waals surface area (Å²) in [6.45, 7) is 1.99. The van der Waals surface area contributed by atoms with E-state index in [0.717, 1.165) is 41.0 Å². The normalized spacial score (nSPS) is 13.5. The summed E-state index contributed by atoms with van der Waals surface area (Å²) in [4.78, 5) is 30.7. The van der Waals surface area contributed by atoms with E-state index in [1.807, 2.05) is 44.3 Å². The van der Waals surface area contributed by atoms with Gasteiger partial charge >= 0.3 is 0 Å². The molecule has 8 nitrogen and oxygen atoms in total. The molecule has 0 spiro atoms. The van der Waals surface area contributed by atoms with E-state index in [0.29, 0.717) is 22.6 Å². The molecule has 0 unspecified atom stereocenters. The number of pyridine rings is 2. The molecule has 1 aliphatic rings. The fourth-order valence-corrected chi connectivity index (χ4v) is 3.92. The average Bonchev–Trinajstić information content (AvgIpc) is 3.71. The molecule has 35 heavy (non-hydrogen) atoms. The highest BCUT2D eigenvalue weighted by Crippen LogP contribution is 2.46. The maximum atomic E-state index is 13.0. The van der Waals surface area contributed by atoms with Gasteiger partial charge in [-0.25, -0.2) is 9.97 Å². The molecule has 0 aliphatic heterocycles. The summed E-state index contributed by atoms with van der Waals surface area (Å²) < 4.78 is 0. The van der Waals surface area contributed by atoms with Crippen molar-refractivity contribution in [2.75, 3.05) is 17.7 Å². The van der Waals surface area contributed by atoms with Crippen molar-refractivity contribution in [1.29, 1.82) is 5.26 Å². The fourth-order valence-electron chi connectivity index (χ4n) is 3.92. The summed E-state index contributed by atoms with van der Waals surface area (Å²) >= 11 is 0. The van der Waals surface area contributed by atoms with Crippen LogP contribution in [0, 0.1) is 18.3 Å². The summed E-state index contributed by atoms with van der Waals surface area (Å²) in [5.74, 6) is 0.491. The SMILES string of the molecule is CNc1cc(-c2cncc(-c3cc(NC(=O)c4ccnc(C5(C#N)CC5)c4)ccc3C)n2)ccn1. The molecule has 8 heteroatoms. The molecule has 4 aromatic rings. The molecule has 1 amide bonds. The Morgan fingerprint density at radius 3 is 2.60 bits per heavy atom. The molecule has 1 saturated carbocycles. The van der Waals surface area contributed by atoms with Gasteiger partial charge in [-0.1, -0.05) is 6.07 Å².